The predicted molar refractivity (Wildman–Crippen MR) is 63.2 cm³/mol. The minimum Gasteiger partial charge on any atom is -0.381 e. The Labute approximate surface area is 109 Å². The van der Waals surface area contributed by atoms with Gasteiger partial charge in [0.05, 0.1) is 17.0 Å². The molecular weight excluding hydrogens is 255 g/mol. The third-order valence-corrected chi connectivity index (χ3v) is 3.51. The van der Waals surface area contributed by atoms with Crippen LogP contribution in [0.5, 0.6) is 0 Å². The lowest BCUT2D eigenvalue weighted by atomic mass is 9.76. The van der Waals surface area contributed by atoms with Gasteiger partial charge in [0, 0.05) is 13.2 Å². The smallest absolute Gasteiger partial charge is 0.381 e. The summed E-state index contributed by atoms with van der Waals surface area (Å²) in [6, 6.07) is 7.36. The minimum absolute atomic E-state index is 0.477. The highest BCUT2D eigenvalue weighted by atomic mass is 19.4. The van der Waals surface area contributed by atoms with E-state index in [9.17, 15) is 18.4 Å². The maximum atomic E-state index is 12.5. The van der Waals surface area contributed by atoms with E-state index in [2.05, 4.69) is 6.07 Å². The number of rotatable bonds is 2. The summed E-state index contributed by atoms with van der Waals surface area (Å²) in [7, 11) is 0. The molecule has 5 heteroatoms. The van der Waals surface area contributed by atoms with Crippen LogP contribution in [0.15, 0.2) is 24.3 Å². The fourth-order valence-electron chi connectivity index (χ4n) is 2.29. The van der Waals surface area contributed by atoms with Crippen LogP contribution in [0.4, 0.5) is 13.2 Å². The van der Waals surface area contributed by atoms with Crippen molar-refractivity contribution in [1.29, 1.82) is 5.26 Å². The highest BCUT2D eigenvalue weighted by molar-refractivity contribution is 5.26. The molecule has 19 heavy (non-hydrogen) atoms. The Hall–Kier alpha value is -1.54. The van der Waals surface area contributed by atoms with E-state index in [1.165, 1.54) is 12.1 Å². The molecular formula is C14H14F3NO. The average molecular weight is 269 g/mol. The van der Waals surface area contributed by atoms with E-state index in [-0.39, 0.29) is 0 Å². The van der Waals surface area contributed by atoms with Crippen molar-refractivity contribution in [1.82, 2.24) is 0 Å². The van der Waals surface area contributed by atoms with Crippen molar-refractivity contribution in [3.63, 3.8) is 0 Å². The van der Waals surface area contributed by atoms with Gasteiger partial charge in [-0.05, 0) is 37.0 Å². The molecule has 1 saturated heterocycles. The number of halogens is 3. The van der Waals surface area contributed by atoms with E-state index in [1.807, 2.05) is 0 Å². The summed E-state index contributed by atoms with van der Waals surface area (Å²) in [5, 5.41) is 9.30. The Bertz CT molecular complexity index is 467. The molecule has 2 rings (SSSR count). The second-order valence-corrected chi connectivity index (χ2v) is 4.88. The molecule has 0 aromatic heterocycles. The van der Waals surface area contributed by atoms with Crippen LogP contribution in [0.25, 0.3) is 0 Å². The van der Waals surface area contributed by atoms with Gasteiger partial charge >= 0.3 is 6.18 Å². The topological polar surface area (TPSA) is 33.0 Å². The van der Waals surface area contributed by atoms with Crippen LogP contribution < -0.4 is 0 Å². The summed E-state index contributed by atoms with van der Waals surface area (Å²) >= 11 is 0. The molecule has 0 unspecified atom stereocenters. The summed E-state index contributed by atoms with van der Waals surface area (Å²) in [4.78, 5) is 0. The van der Waals surface area contributed by atoms with Gasteiger partial charge in [-0.1, -0.05) is 12.1 Å². The summed E-state index contributed by atoms with van der Waals surface area (Å²) in [5.74, 6) is 0. The molecule has 0 radical (unpaired) electrons. The maximum absolute atomic E-state index is 12.5. The molecule has 0 atom stereocenters. The van der Waals surface area contributed by atoms with Gasteiger partial charge in [0.25, 0.3) is 0 Å². The largest absolute Gasteiger partial charge is 0.416 e. The molecule has 0 spiro atoms. The summed E-state index contributed by atoms with van der Waals surface area (Å²) < 4.78 is 42.6. The molecule has 0 N–H and O–H groups in total. The number of nitriles is 1. The lowest BCUT2D eigenvalue weighted by molar-refractivity contribution is -0.137. The second-order valence-electron chi connectivity index (χ2n) is 4.88. The Balaban J connectivity index is 2.13. The van der Waals surface area contributed by atoms with Crippen molar-refractivity contribution < 1.29 is 17.9 Å². The first-order valence-electron chi connectivity index (χ1n) is 6.10. The zero-order valence-corrected chi connectivity index (χ0v) is 10.3. The van der Waals surface area contributed by atoms with E-state index in [1.54, 1.807) is 0 Å². The lowest BCUT2D eigenvalue weighted by Crippen LogP contribution is -2.30. The molecule has 1 aromatic carbocycles. The number of nitrogens with zero attached hydrogens (tertiary/aromatic N) is 1. The van der Waals surface area contributed by atoms with E-state index in [0.717, 1.165) is 17.7 Å². The van der Waals surface area contributed by atoms with E-state index in [4.69, 9.17) is 4.74 Å². The molecule has 0 aliphatic carbocycles. The molecule has 1 aromatic rings. The van der Waals surface area contributed by atoms with Crippen molar-refractivity contribution in [2.45, 2.75) is 25.4 Å². The van der Waals surface area contributed by atoms with Crippen LogP contribution in [-0.4, -0.2) is 13.2 Å². The van der Waals surface area contributed by atoms with Gasteiger partial charge in [-0.25, -0.2) is 0 Å². The van der Waals surface area contributed by atoms with E-state index < -0.39 is 17.2 Å². The lowest BCUT2D eigenvalue weighted by Gasteiger charge is -2.30. The first-order valence-corrected chi connectivity index (χ1v) is 6.10. The summed E-state index contributed by atoms with van der Waals surface area (Å²) in [6.45, 7) is 1.07. The molecule has 2 nitrogen and oxygen atoms in total. The maximum Gasteiger partial charge on any atom is 0.416 e. The number of hydrogen-bond donors (Lipinski definition) is 0. The molecule has 0 saturated carbocycles. The van der Waals surface area contributed by atoms with Crippen LogP contribution in [0.2, 0.25) is 0 Å². The molecule has 1 aliphatic rings. The second kappa shape index (κ2) is 5.22. The van der Waals surface area contributed by atoms with Gasteiger partial charge in [0.1, 0.15) is 0 Å². The standard InChI is InChI=1S/C14H14F3NO/c15-14(16,17)12-3-1-11(2-4-12)9-13(10-18)5-7-19-8-6-13/h1-4H,5-9H2. The normalized spacial score (nSPS) is 18.8. The minimum atomic E-state index is -4.32. The fraction of sp³-hybridized carbons (Fsp3) is 0.500. The van der Waals surface area contributed by atoms with Crippen molar-refractivity contribution >= 4 is 0 Å². The zero-order chi connectivity index (χ0) is 13.9. The zero-order valence-electron chi connectivity index (χ0n) is 10.3. The fourth-order valence-corrected chi connectivity index (χ4v) is 2.29. The summed E-state index contributed by atoms with van der Waals surface area (Å²) in [5.41, 5.74) is -0.399. The van der Waals surface area contributed by atoms with Crippen molar-refractivity contribution in [2.24, 2.45) is 5.41 Å². The first-order chi connectivity index (χ1) is 8.95. The first kappa shape index (κ1) is 13.9. The number of benzene rings is 1. The van der Waals surface area contributed by atoms with Gasteiger partial charge in [-0.3, -0.25) is 0 Å². The Morgan fingerprint density at radius 2 is 1.74 bits per heavy atom. The Morgan fingerprint density at radius 1 is 1.16 bits per heavy atom. The van der Waals surface area contributed by atoms with Crippen LogP contribution in [0.1, 0.15) is 24.0 Å². The number of ether oxygens (including phenoxy) is 1. The van der Waals surface area contributed by atoms with Crippen molar-refractivity contribution in [2.75, 3.05) is 13.2 Å². The van der Waals surface area contributed by atoms with Crippen LogP contribution in [0.3, 0.4) is 0 Å². The molecule has 0 amide bonds. The van der Waals surface area contributed by atoms with Gasteiger partial charge in [0.2, 0.25) is 0 Å². The van der Waals surface area contributed by atoms with E-state index >= 15 is 0 Å². The van der Waals surface area contributed by atoms with Gasteiger partial charge in [-0.2, -0.15) is 18.4 Å². The molecule has 0 bridgehead atoms. The third-order valence-electron chi connectivity index (χ3n) is 3.51. The van der Waals surface area contributed by atoms with Gasteiger partial charge in [-0.15, -0.1) is 0 Å². The molecule has 1 fully saturated rings. The van der Waals surface area contributed by atoms with Crippen LogP contribution in [-0.2, 0) is 17.3 Å². The molecule has 1 heterocycles. The van der Waals surface area contributed by atoms with Crippen molar-refractivity contribution in [3.8, 4) is 6.07 Å². The van der Waals surface area contributed by atoms with Crippen LogP contribution in [0, 0.1) is 16.7 Å². The number of alkyl halides is 3. The van der Waals surface area contributed by atoms with E-state index in [0.29, 0.717) is 32.5 Å². The quantitative estimate of drug-likeness (QED) is 0.822. The number of hydrogen-bond acceptors (Lipinski definition) is 2. The highest BCUT2D eigenvalue weighted by Crippen LogP contribution is 2.35. The monoisotopic (exact) mass is 269 g/mol. The third kappa shape index (κ3) is 3.27. The summed E-state index contributed by atoms with van der Waals surface area (Å²) in [6.07, 6.45) is -2.58. The molecule has 102 valence electrons. The predicted octanol–water partition coefficient (Wildman–Crippen LogP) is 3.57. The molecule has 1 aliphatic heterocycles. The van der Waals surface area contributed by atoms with Crippen LogP contribution >= 0.6 is 0 Å². The SMILES string of the molecule is N#CC1(Cc2ccc(C(F)(F)F)cc2)CCOCC1. The highest BCUT2D eigenvalue weighted by Gasteiger charge is 2.34. The Morgan fingerprint density at radius 3 is 2.21 bits per heavy atom. The van der Waals surface area contributed by atoms with Crippen molar-refractivity contribution in [3.05, 3.63) is 35.4 Å². The van der Waals surface area contributed by atoms with Gasteiger partial charge < -0.3 is 4.74 Å². The van der Waals surface area contributed by atoms with Gasteiger partial charge in [0.15, 0.2) is 0 Å². The average Bonchev–Trinajstić information content (AvgIpc) is 2.39. The Kier molecular flexibility index (Phi) is 3.81.